The molecule has 2 nitrogen and oxygen atoms in total. The van der Waals surface area contributed by atoms with Crippen molar-refractivity contribution in [2.24, 2.45) is 0 Å². The average molecular weight is 294 g/mol. The van der Waals surface area contributed by atoms with E-state index in [4.69, 9.17) is 10.00 Å². The summed E-state index contributed by atoms with van der Waals surface area (Å²) in [4.78, 5) is 1.12. The summed E-state index contributed by atoms with van der Waals surface area (Å²) in [7, 11) is 0. The number of hydrogen-bond acceptors (Lipinski definition) is 3. The molecule has 0 spiro atoms. The van der Waals surface area contributed by atoms with Crippen LogP contribution in [-0.2, 0) is 6.61 Å². The van der Waals surface area contributed by atoms with Gasteiger partial charge >= 0.3 is 0 Å². The zero-order valence-corrected chi connectivity index (χ0v) is 10.7. The number of hydrogen-bond donors (Lipinski definition) is 0. The lowest BCUT2D eigenvalue weighted by molar-refractivity contribution is 0.308. The fourth-order valence-corrected chi connectivity index (χ4v) is 2.63. The van der Waals surface area contributed by atoms with Gasteiger partial charge in [-0.05, 0) is 39.5 Å². The fraction of sp³-hybridized carbons (Fsp3) is 0.0833. The second-order valence-electron chi connectivity index (χ2n) is 3.09. The molecule has 0 saturated heterocycles. The summed E-state index contributed by atoms with van der Waals surface area (Å²) in [6, 6.07) is 11.3. The Morgan fingerprint density at radius 1 is 1.31 bits per heavy atom. The van der Waals surface area contributed by atoms with Crippen molar-refractivity contribution in [1.82, 2.24) is 0 Å². The summed E-state index contributed by atoms with van der Waals surface area (Å²) in [5.41, 5.74) is 0.565. The molecule has 0 N–H and O–H groups in total. The molecule has 0 fully saturated rings. The predicted octanol–water partition coefficient (Wildman–Crippen LogP) is 3.96. The molecule has 0 radical (unpaired) electrons. The zero-order valence-electron chi connectivity index (χ0n) is 8.31. The monoisotopic (exact) mass is 293 g/mol. The molecule has 0 atom stereocenters. The van der Waals surface area contributed by atoms with Crippen LogP contribution in [0, 0.1) is 11.3 Å². The van der Waals surface area contributed by atoms with Crippen molar-refractivity contribution >= 4 is 27.3 Å². The fourth-order valence-electron chi connectivity index (χ4n) is 1.26. The van der Waals surface area contributed by atoms with Crippen LogP contribution in [0.2, 0.25) is 0 Å². The van der Waals surface area contributed by atoms with Crippen LogP contribution in [0.3, 0.4) is 0 Å². The van der Waals surface area contributed by atoms with Crippen LogP contribution in [-0.4, -0.2) is 0 Å². The second kappa shape index (κ2) is 5.15. The van der Waals surface area contributed by atoms with E-state index in [1.165, 1.54) is 0 Å². The number of nitrogens with zero attached hydrogens (tertiary/aromatic N) is 1. The number of benzene rings is 1. The molecule has 0 amide bonds. The Hall–Kier alpha value is -1.31. The molecule has 16 heavy (non-hydrogen) atoms. The van der Waals surface area contributed by atoms with Gasteiger partial charge in [-0.3, -0.25) is 0 Å². The number of halogens is 1. The summed E-state index contributed by atoms with van der Waals surface area (Å²) in [6.45, 7) is 0.483. The van der Waals surface area contributed by atoms with Gasteiger partial charge in [-0.1, -0.05) is 12.1 Å². The Labute approximate surface area is 106 Å². The van der Waals surface area contributed by atoms with Gasteiger partial charge in [-0.2, -0.15) is 5.26 Å². The third kappa shape index (κ3) is 2.43. The van der Waals surface area contributed by atoms with Crippen molar-refractivity contribution in [3.63, 3.8) is 0 Å². The normalized spacial score (nSPS) is 9.75. The van der Waals surface area contributed by atoms with Crippen LogP contribution >= 0.6 is 27.3 Å². The smallest absolute Gasteiger partial charge is 0.137 e. The summed E-state index contributed by atoms with van der Waals surface area (Å²) < 4.78 is 6.66. The van der Waals surface area contributed by atoms with E-state index in [9.17, 15) is 0 Å². The van der Waals surface area contributed by atoms with Crippen molar-refractivity contribution in [3.8, 4) is 11.8 Å². The Kier molecular flexibility index (Phi) is 3.60. The summed E-state index contributed by atoms with van der Waals surface area (Å²) in [6.07, 6.45) is 0. The molecular formula is C12H8BrNOS. The molecule has 0 aliphatic heterocycles. The van der Waals surface area contributed by atoms with Crippen molar-refractivity contribution in [2.75, 3.05) is 0 Å². The van der Waals surface area contributed by atoms with Crippen LogP contribution in [0.25, 0.3) is 0 Å². The highest BCUT2D eigenvalue weighted by molar-refractivity contribution is 9.10. The molecule has 80 valence electrons. The molecule has 1 aromatic heterocycles. The topological polar surface area (TPSA) is 33.0 Å². The zero-order chi connectivity index (χ0) is 11.4. The molecule has 1 heterocycles. The first-order valence-electron chi connectivity index (χ1n) is 4.65. The third-order valence-corrected chi connectivity index (χ3v) is 3.96. The van der Waals surface area contributed by atoms with E-state index >= 15 is 0 Å². The minimum atomic E-state index is 0.483. The predicted molar refractivity (Wildman–Crippen MR) is 67.5 cm³/mol. The van der Waals surface area contributed by atoms with E-state index < -0.39 is 0 Å². The average Bonchev–Trinajstić information content (AvgIpc) is 2.72. The van der Waals surface area contributed by atoms with Gasteiger partial charge in [0.15, 0.2) is 0 Å². The van der Waals surface area contributed by atoms with Crippen LogP contribution in [0.5, 0.6) is 5.75 Å². The number of thiophene rings is 1. The Morgan fingerprint density at radius 2 is 2.12 bits per heavy atom. The first-order valence-corrected chi connectivity index (χ1v) is 6.32. The number of nitriles is 1. The molecule has 0 saturated carbocycles. The van der Waals surface area contributed by atoms with E-state index in [1.54, 1.807) is 23.5 Å². The summed E-state index contributed by atoms with van der Waals surface area (Å²) in [5, 5.41) is 10.9. The summed E-state index contributed by atoms with van der Waals surface area (Å²) >= 11 is 5.07. The number of para-hydroxylation sites is 1. The van der Waals surface area contributed by atoms with Gasteiger partial charge in [-0.15, -0.1) is 11.3 Å². The summed E-state index contributed by atoms with van der Waals surface area (Å²) in [5.74, 6) is 0.630. The molecular weight excluding hydrogens is 286 g/mol. The highest BCUT2D eigenvalue weighted by Crippen LogP contribution is 2.25. The Balaban J connectivity index is 2.11. The Morgan fingerprint density at radius 3 is 2.81 bits per heavy atom. The van der Waals surface area contributed by atoms with Gasteiger partial charge in [-0.25, -0.2) is 0 Å². The third-order valence-electron chi connectivity index (χ3n) is 2.06. The molecule has 2 rings (SSSR count). The van der Waals surface area contributed by atoms with Crippen molar-refractivity contribution < 1.29 is 4.74 Å². The Bertz CT molecular complexity index is 530. The van der Waals surface area contributed by atoms with Crippen LogP contribution in [0.4, 0.5) is 0 Å². The molecule has 0 aliphatic rings. The first kappa shape index (κ1) is 11.2. The molecule has 1 aromatic carbocycles. The van der Waals surface area contributed by atoms with Crippen LogP contribution in [0.1, 0.15) is 10.4 Å². The maximum atomic E-state index is 8.89. The molecule has 2 aromatic rings. The van der Waals surface area contributed by atoms with Gasteiger partial charge in [0.1, 0.15) is 18.4 Å². The van der Waals surface area contributed by atoms with Crippen LogP contribution in [0.15, 0.2) is 40.2 Å². The van der Waals surface area contributed by atoms with E-state index in [1.807, 2.05) is 23.6 Å². The van der Waals surface area contributed by atoms with Gasteiger partial charge in [0.25, 0.3) is 0 Å². The molecule has 4 heteroatoms. The standard InChI is InChI=1S/C12H8BrNOS/c13-10-5-6-16-12(10)8-15-11-4-2-1-3-9(11)7-14/h1-6H,8H2. The quantitative estimate of drug-likeness (QED) is 0.858. The van der Waals surface area contributed by atoms with Gasteiger partial charge < -0.3 is 4.74 Å². The highest BCUT2D eigenvalue weighted by Gasteiger charge is 2.05. The van der Waals surface area contributed by atoms with Gasteiger partial charge in [0.05, 0.1) is 10.4 Å². The van der Waals surface area contributed by atoms with Gasteiger partial charge in [0, 0.05) is 4.47 Å². The second-order valence-corrected chi connectivity index (χ2v) is 4.94. The molecule has 0 bridgehead atoms. The van der Waals surface area contributed by atoms with Crippen molar-refractivity contribution in [1.29, 1.82) is 5.26 Å². The van der Waals surface area contributed by atoms with Crippen LogP contribution < -0.4 is 4.74 Å². The largest absolute Gasteiger partial charge is 0.487 e. The van der Waals surface area contributed by atoms with E-state index in [2.05, 4.69) is 22.0 Å². The SMILES string of the molecule is N#Cc1ccccc1OCc1sccc1Br. The van der Waals surface area contributed by atoms with Gasteiger partial charge in [0.2, 0.25) is 0 Å². The van der Waals surface area contributed by atoms with E-state index in [0.29, 0.717) is 17.9 Å². The first-order chi connectivity index (χ1) is 7.81. The van der Waals surface area contributed by atoms with E-state index in [-0.39, 0.29) is 0 Å². The van der Waals surface area contributed by atoms with Crippen molar-refractivity contribution in [2.45, 2.75) is 6.61 Å². The lowest BCUT2D eigenvalue weighted by Crippen LogP contribution is -1.95. The number of ether oxygens (including phenoxy) is 1. The minimum absolute atomic E-state index is 0.483. The lowest BCUT2D eigenvalue weighted by atomic mass is 10.2. The minimum Gasteiger partial charge on any atom is -0.487 e. The molecule has 0 aliphatic carbocycles. The lowest BCUT2D eigenvalue weighted by Gasteiger charge is -2.06. The van der Waals surface area contributed by atoms with E-state index in [0.717, 1.165) is 9.35 Å². The molecule has 0 unspecified atom stereocenters. The maximum Gasteiger partial charge on any atom is 0.137 e. The highest BCUT2D eigenvalue weighted by atomic mass is 79.9. The van der Waals surface area contributed by atoms with Crippen molar-refractivity contribution in [3.05, 3.63) is 50.6 Å². The number of rotatable bonds is 3. The maximum absolute atomic E-state index is 8.89.